The zero-order chi connectivity index (χ0) is 17.5. The minimum atomic E-state index is -0.321. The van der Waals surface area contributed by atoms with Gasteiger partial charge in [0.1, 0.15) is 28.7 Å². The Bertz CT molecular complexity index is 689. The summed E-state index contributed by atoms with van der Waals surface area (Å²) in [6.45, 7) is 1.84. The van der Waals surface area contributed by atoms with Gasteiger partial charge < -0.3 is 24.3 Å². The zero-order valence-electron chi connectivity index (χ0n) is 14.2. The van der Waals surface area contributed by atoms with Crippen LogP contribution in [0.15, 0.2) is 36.4 Å². The first-order chi connectivity index (χ1) is 11.6. The Morgan fingerprint density at radius 1 is 0.958 bits per heavy atom. The van der Waals surface area contributed by atoms with E-state index in [0.29, 0.717) is 28.7 Å². The van der Waals surface area contributed by atoms with E-state index in [9.17, 15) is 4.79 Å². The Morgan fingerprint density at radius 2 is 1.62 bits per heavy atom. The fourth-order valence-corrected chi connectivity index (χ4v) is 2.16. The molecule has 0 saturated heterocycles. The van der Waals surface area contributed by atoms with Crippen molar-refractivity contribution in [1.29, 1.82) is 0 Å². The van der Waals surface area contributed by atoms with Crippen molar-refractivity contribution in [2.75, 3.05) is 33.3 Å². The fourth-order valence-electron chi connectivity index (χ4n) is 2.16. The van der Waals surface area contributed by atoms with Gasteiger partial charge in [-0.1, -0.05) is 12.1 Å². The molecule has 1 N–H and O–H groups in total. The van der Waals surface area contributed by atoms with Crippen LogP contribution < -0.4 is 24.3 Å². The summed E-state index contributed by atoms with van der Waals surface area (Å²) in [5, 5.41) is 2.75. The molecule has 0 radical (unpaired) electrons. The number of carbonyl (C=O) groups is 1. The lowest BCUT2D eigenvalue weighted by atomic mass is 10.2. The van der Waals surface area contributed by atoms with E-state index in [1.165, 1.54) is 14.2 Å². The van der Waals surface area contributed by atoms with Crippen LogP contribution in [0.5, 0.6) is 23.0 Å². The number of ether oxygens (including phenoxy) is 4. The molecule has 0 fully saturated rings. The van der Waals surface area contributed by atoms with E-state index < -0.39 is 0 Å². The Hall–Kier alpha value is -2.89. The molecule has 0 saturated carbocycles. The van der Waals surface area contributed by atoms with Crippen LogP contribution in [0, 0.1) is 6.92 Å². The lowest BCUT2D eigenvalue weighted by Gasteiger charge is -2.16. The maximum atomic E-state index is 12.2. The van der Waals surface area contributed by atoms with Crippen molar-refractivity contribution in [2.45, 2.75) is 6.92 Å². The molecule has 0 bridgehead atoms. The number of nitrogens with one attached hydrogen (secondary N) is 1. The number of carbonyl (C=O) groups excluding carboxylic acids is 1. The summed E-state index contributed by atoms with van der Waals surface area (Å²) in [6.07, 6.45) is 0. The second-order valence-electron chi connectivity index (χ2n) is 5.06. The van der Waals surface area contributed by atoms with Crippen LogP contribution in [0.25, 0.3) is 0 Å². The van der Waals surface area contributed by atoms with Gasteiger partial charge in [0.25, 0.3) is 5.91 Å². The summed E-state index contributed by atoms with van der Waals surface area (Å²) in [5.41, 5.74) is 1.49. The van der Waals surface area contributed by atoms with Crippen molar-refractivity contribution < 1.29 is 23.7 Å². The number of methoxy groups -OCH3 is 3. The van der Waals surface area contributed by atoms with Gasteiger partial charge in [0, 0.05) is 12.1 Å². The van der Waals surface area contributed by atoms with Crippen LogP contribution in [-0.4, -0.2) is 33.8 Å². The number of hydrogen-bond donors (Lipinski definition) is 1. The van der Waals surface area contributed by atoms with Gasteiger partial charge in [0.05, 0.1) is 21.3 Å². The van der Waals surface area contributed by atoms with Crippen molar-refractivity contribution in [3.63, 3.8) is 0 Å². The molecule has 2 rings (SSSR count). The SMILES string of the molecule is COc1cc(OC)c(NC(=O)COc2cccc(C)c2)c(OC)c1. The average molecular weight is 331 g/mol. The Kier molecular flexibility index (Phi) is 5.89. The molecular formula is C18H21NO5. The van der Waals surface area contributed by atoms with E-state index in [0.717, 1.165) is 5.56 Å². The van der Waals surface area contributed by atoms with Crippen LogP contribution >= 0.6 is 0 Å². The highest BCUT2D eigenvalue weighted by atomic mass is 16.5. The molecule has 2 aromatic rings. The van der Waals surface area contributed by atoms with Gasteiger partial charge in [-0.25, -0.2) is 0 Å². The number of rotatable bonds is 7. The van der Waals surface area contributed by atoms with Gasteiger partial charge in [-0.2, -0.15) is 0 Å². The van der Waals surface area contributed by atoms with E-state index in [1.54, 1.807) is 25.3 Å². The van der Waals surface area contributed by atoms with E-state index in [4.69, 9.17) is 18.9 Å². The maximum absolute atomic E-state index is 12.2. The number of hydrogen-bond acceptors (Lipinski definition) is 5. The first-order valence-corrected chi connectivity index (χ1v) is 7.36. The molecule has 1 amide bonds. The number of aryl methyl sites for hydroxylation is 1. The molecule has 0 spiro atoms. The Morgan fingerprint density at radius 3 is 2.17 bits per heavy atom. The third-order valence-electron chi connectivity index (χ3n) is 3.34. The summed E-state index contributed by atoms with van der Waals surface area (Å²) in [5.74, 6) is 1.76. The monoisotopic (exact) mass is 331 g/mol. The van der Waals surface area contributed by atoms with Gasteiger partial charge in [-0.15, -0.1) is 0 Å². The van der Waals surface area contributed by atoms with E-state index in [-0.39, 0.29) is 12.5 Å². The molecule has 0 aliphatic carbocycles. The van der Waals surface area contributed by atoms with Crippen molar-refractivity contribution in [3.8, 4) is 23.0 Å². The van der Waals surface area contributed by atoms with Crippen LogP contribution in [0.4, 0.5) is 5.69 Å². The molecule has 6 heteroatoms. The van der Waals surface area contributed by atoms with Crippen LogP contribution in [0.3, 0.4) is 0 Å². The van der Waals surface area contributed by atoms with E-state index in [1.807, 2.05) is 25.1 Å². The molecule has 0 unspecified atom stereocenters. The minimum Gasteiger partial charge on any atom is -0.496 e. The normalized spacial score (nSPS) is 10.0. The van der Waals surface area contributed by atoms with Crippen molar-refractivity contribution in [3.05, 3.63) is 42.0 Å². The van der Waals surface area contributed by atoms with Crippen LogP contribution in [0.1, 0.15) is 5.56 Å². The second-order valence-corrected chi connectivity index (χ2v) is 5.06. The Balaban J connectivity index is 2.10. The summed E-state index contributed by atoms with van der Waals surface area (Å²) < 4.78 is 21.3. The molecule has 0 aliphatic rings. The largest absolute Gasteiger partial charge is 0.496 e. The second kappa shape index (κ2) is 8.10. The molecule has 6 nitrogen and oxygen atoms in total. The molecule has 0 atom stereocenters. The molecule has 0 aromatic heterocycles. The first-order valence-electron chi connectivity index (χ1n) is 7.36. The standard InChI is InChI=1S/C18H21NO5/c1-12-6-5-7-13(8-12)24-11-17(20)19-18-15(22-3)9-14(21-2)10-16(18)23-4/h5-10H,11H2,1-4H3,(H,19,20). The highest BCUT2D eigenvalue weighted by Crippen LogP contribution is 2.38. The Labute approximate surface area is 141 Å². The van der Waals surface area contributed by atoms with E-state index >= 15 is 0 Å². The highest BCUT2D eigenvalue weighted by Gasteiger charge is 2.16. The van der Waals surface area contributed by atoms with Gasteiger partial charge in [0.2, 0.25) is 0 Å². The van der Waals surface area contributed by atoms with Gasteiger partial charge in [-0.05, 0) is 24.6 Å². The quantitative estimate of drug-likeness (QED) is 0.845. The topological polar surface area (TPSA) is 66.0 Å². The van der Waals surface area contributed by atoms with Crippen molar-refractivity contribution in [1.82, 2.24) is 0 Å². The van der Waals surface area contributed by atoms with Gasteiger partial charge in [0.15, 0.2) is 6.61 Å². The first kappa shape index (κ1) is 17.5. The fraction of sp³-hybridized carbons (Fsp3) is 0.278. The molecular weight excluding hydrogens is 310 g/mol. The summed E-state index contributed by atoms with van der Waals surface area (Å²) in [6, 6.07) is 10.8. The smallest absolute Gasteiger partial charge is 0.262 e. The predicted molar refractivity (Wildman–Crippen MR) is 91.4 cm³/mol. The summed E-state index contributed by atoms with van der Waals surface area (Å²) in [7, 11) is 4.56. The number of amides is 1. The predicted octanol–water partition coefficient (Wildman–Crippen LogP) is 3.04. The van der Waals surface area contributed by atoms with Crippen molar-refractivity contribution in [2.24, 2.45) is 0 Å². The third-order valence-corrected chi connectivity index (χ3v) is 3.34. The average Bonchev–Trinajstić information content (AvgIpc) is 2.60. The number of anilines is 1. The van der Waals surface area contributed by atoms with Crippen LogP contribution in [0.2, 0.25) is 0 Å². The van der Waals surface area contributed by atoms with Crippen LogP contribution in [-0.2, 0) is 4.79 Å². The lowest BCUT2D eigenvalue weighted by Crippen LogP contribution is -2.21. The highest BCUT2D eigenvalue weighted by molar-refractivity contribution is 5.95. The van der Waals surface area contributed by atoms with Gasteiger partial charge >= 0.3 is 0 Å². The lowest BCUT2D eigenvalue weighted by molar-refractivity contribution is -0.118. The van der Waals surface area contributed by atoms with Crippen molar-refractivity contribution >= 4 is 11.6 Å². The maximum Gasteiger partial charge on any atom is 0.262 e. The number of benzene rings is 2. The third kappa shape index (κ3) is 4.32. The zero-order valence-corrected chi connectivity index (χ0v) is 14.2. The molecule has 0 heterocycles. The summed E-state index contributed by atoms with van der Waals surface area (Å²) in [4.78, 5) is 12.2. The molecule has 0 aliphatic heterocycles. The molecule has 128 valence electrons. The minimum absolute atomic E-state index is 0.123. The molecule has 24 heavy (non-hydrogen) atoms. The summed E-state index contributed by atoms with van der Waals surface area (Å²) >= 11 is 0. The molecule has 2 aromatic carbocycles. The van der Waals surface area contributed by atoms with Gasteiger partial charge in [-0.3, -0.25) is 4.79 Å². The van der Waals surface area contributed by atoms with E-state index in [2.05, 4.69) is 5.32 Å².